The van der Waals surface area contributed by atoms with Gasteiger partial charge in [0, 0.05) is 29.7 Å². The van der Waals surface area contributed by atoms with Gasteiger partial charge in [-0.3, -0.25) is 10.1 Å². The van der Waals surface area contributed by atoms with E-state index < -0.39 is 4.92 Å². The summed E-state index contributed by atoms with van der Waals surface area (Å²) in [6, 6.07) is 9.55. The maximum atomic E-state index is 10.7. The van der Waals surface area contributed by atoms with Gasteiger partial charge in [0.25, 0.3) is 5.69 Å². The minimum absolute atomic E-state index is 0.0290. The monoisotopic (exact) mass is 329 g/mol. The number of aldehydes is 1. The Morgan fingerprint density at radius 1 is 1.21 bits per heavy atom. The van der Waals surface area contributed by atoms with Gasteiger partial charge in [0.2, 0.25) is 0 Å². The van der Waals surface area contributed by atoms with E-state index in [1.807, 2.05) is 6.92 Å². The summed E-state index contributed by atoms with van der Waals surface area (Å²) in [4.78, 5) is 20.9. The molecule has 2 aromatic rings. The third-order valence-corrected chi connectivity index (χ3v) is 3.67. The van der Waals surface area contributed by atoms with E-state index in [1.165, 1.54) is 12.1 Å². The fourth-order valence-electron chi connectivity index (χ4n) is 2.42. The number of non-ortho nitro benzene ring substituents is 1. The van der Waals surface area contributed by atoms with Gasteiger partial charge in [-0.05, 0) is 30.2 Å². The number of nitro groups is 1. The molecule has 0 aromatic heterocycles. The second-order valence-electron chi connectivity index (χ2n) is 5.38. The van der Waals surface area contributed by atoms with Crippen LogP contribution in [0.5, 0.6) is 11.5 Å². The van der Waals surface area contributed by atoms with Crippen molar-refractivity contribution >= 4 is 12.0 Å². The van der Waals surface area contributed by atoms with Crippen molar-refractivity contribution in [3.63, 3.8) is 0 Å². The molecular formula is C18H19NO5. The summed E-state index contributed by atoms with van der Waals surface area (Å²) in [6.07, 6.45) is 2.37. The molecule has 0 fully saturated rings. The first-order valence-electron chi connectivity index (χ1n) is 7.70. The zero-order valence-electron chi connectivity index (χ0n) is 13.4. The van der Waals surface area contributed by atoms with Crippen LogP contribution in [0.25, 0.3) is 0 Å². The first kappa shape index (κ1) is 17.5. The Hall–Kier alpha value is -2.89. The van der Waals surface area contributed by atoms with E-state index in [1.54, 1.807) is 24.3 Å². The smallest absolute Gasteiger partial charge is 0.269 e. The Morgan fingerprint density at radius 2 is 1.92 bits per heavy atom. The number of aromatic hydroxyl groups is 1. The van der Waals surface area contributed by atoms with Gasteiger partial charge in [-0.2, -0.15) is 0 Å². The second-order valence-corrected chi connectivity index (χ2v) is 5.38. The summed E-state index contributed by atoms with van der Waals surface area (Å²) >= 11 is 0. The number of nitrogens with zero attached hydrogens (tertiary/aromatic N) is 1. The normalized spacial score (nSPS) is 10.4. The number of carbonyl (C=O) groups excluding carboxylic acids is 1. The Morgan fingerprint density at radius 3 is 2.50 bits per heavy atom. The number of benzene rings is 2. The topological polar surface area (TPSA) is 89.7 Å². The van der Waals surface area contributed by atoms with Gasteiger partial charge in [-0.15, -0.1) is 0 Å². The van der Waals surface area contributed by atoms with Crippen LogP contribution in [0.2, 0.25) is 0 Å². The van der Waals surface area contributed by atoms with Crippen LogP contribution in [0.3, 0.4) is 0 Å². The molecule has 6 heteroatoms. The fourth-order valence-corrected chi connectivity index (χ4v) is 2.42. The van der Waals surface area contributed by atoms with Gasteiger partial charge in [0.15, 0.2) is 0 Å². The van der Waals surface area contributed by atoms with Crippen LogP contribution in [0.15, 0.2) is 36.4 Å². The maximum absolute atomic E-state index is 10.7. The second kappa shape index (κ2) is 8.10. The molecule has 6 nitrogen and oxygen atoms in total. The summed E-state index contributed by atoms with van der Waals surface area (Å²) in [6.45, 7) is 2.23. The number of carbonyl (C=O) groups is 1. The molecule has 24 heavy (non-hydrogen) atoms. The molecule has 0 atom stereocenters. The molecule has 0 amide bonds. The van der Waals surface area contributed by atoms with Gasteiger partial charge in [-0.25, -0.2) is 0 Å². The standard InChI is InChI=1S/C18H19NO5/c1-2-3-16-17(9-6-14(10-11-20)18(16)21)24-12-13-4-7-15(8-5-13)19(22)23/h4-9,11,21H,2-3,10,12H2,1H3. The lowest BCUT2D eigenvalue weighted by Gasteiger charge is -2.15. The van der Waals surface area contributed by atoms with E-state index in [2.05, 4.69) is 0 Å². The molecular weight excluding hydrogens is 310 g/mol. The van der Waals surface area contributed by atoms with E-state index in [-0.39, 0.29) is 24.5 Å². The molecule has 2 rings (SSSR count). The van der Waals surface area contributed by atoms with E-state index in [9.17, 15) is 20.0 Å². The molecule has 0 heterocycles. The van der Waals surface area contributed by atoms with Crippen molar-refractivity contribution in [2.24, 2.45) is 0 Å². The summed E-state index contributed by atoms with van der Waals surface area (Å²) in [5.74, 6) is 0.660. The minimum Gasteiger partial charge on any atom is -0.507 e. The van der Waals surface area contributed by atoms with E-state index >= 15 is 0 Å². The summed E-state index contributed by atoms with van der Waals surface area (Å²) in [5.41, 5.74) is 2.08. The van der Waals surface area contributed by atoms with Crippen molar-refractivity contribution in [1.82, 2.24) is 0 Å². The molecule has 0 aliphatic heterocycles. The highest BCUT2D eigenvalue weighted by atomic mass is 16.6. The molecule has 0 bridgehead atoms. The van der Waals surface area contributed by atoms with Crippen molar-refractivity contribution < 1.29 is 19.6 Å². The Balaban J connectivity index is 2.17. The maximum Gasteiger partial charge on any atom is 0.269 e. The molecule has 0 aliphatic carbocycles. The number of phenolic OH excluding ortho intramolecular Hbond substituents is 1. The Bertz CT molecular complexity index is 725. The summed E-state index contributed by atoms with van der Waals surface area (Å²) in [7, 11) is 0. The minimum atomic E-state index is -0.451. The van der Waals surface area contributed by atoms with E-state index in [0.29, 0.717) is 23.3 Å². The van der Waals surface area contributed by atoms with Crippen molar-refractivity contribution in [3.8, 4) is 11.5 Å². The SMILES string of the molecule is CCCc1c(OCc2ccc([N+](=O)[O-])cc2)ccc(CC=O)c1O. The molecule has 0 aliphatic rings. The number of hydrogen-bond acceptors (Lipinski definition) is 5. The highest BCUT2D eigenvalue weighted by molar-refractivity contribution is 5.60. The van der Waals surface area contributed by atoms with Gasteiger partial charge in [-0.1, -0.05) is 19.4 Å². The number of hydrogen-bond donors (Lipinski definition) is 1. The third kappa shape index (κ3) is 4.10. The lowest BCUT2D eigenvalue weighted by Crippen LogP contribution is -2.01. The number of ether oxygens (including phenoxy) is 1. The van der Waals surface area contributed by atoms with Crippen molar-refractivity contribution in [2.75, 3.05) is 0 Å². The largest absolute Gasteiger partial charge is 0.507 e. The Kier molecular flexibility index (Phi) is 5.89. The van der Waals surface area contributed by atoms with Crippen LogP contribution in [0.1, 0.15) is 30.0 Å². The van der Waals surface area contributed by atoms with Gasteiger partial charge >= 0.3 is 0 Å². The molecule has 0 unspecified atom stereocenters. The number of phenols is 1. The first-order chi connectivity index (χ1) is 11.6. The summed E-state index contributed by atoms with van der Waals surface area (Å²) in [5, 5.41) is 21.0. The zero-order chi connectivity index (χ0) is 17.5. The first-order valence-corrected chi connectivity index (χ1v) is 7.70. The highest BCUT2D eigenvalue weighted by Gasteiger charge is 2.13. The molecule has 0 saturated heterocycles. The molecule has 0 saturated carbocycles. The average Bonchev–Trinajstić information content (AvgIpc) is 2.58. The Labute approximate surface area is 139 Å². The van der Waals surface area contributed by atoms with Crippen LogP contribution >= 0.6 is 0 Å². The molecule has 0 spiro atoms. The van der Waals surface area contributed by atoms with Crippen LogP contribution in [-0.4, -0.2) is 16.3 Å². The highest BCUT2D eigenvalue weighted by Crippen LogP contribution is 2.33. The summed E-state index contributed by atoms with van der Waals surface area (Å²) < 4.78 is 5.77. The molecule has 126 valence electrons. The molecule has 0 radical (unpaired) electrons. The number of nitro benzene ring substituents is 1. The van der Waals surface area contributed by atoms with Crippen LogP contribution in [0, 0.1) is 10.1 Å². The van der Waals surface area contributed by atoms with Gasteiger partial charge in [0.05, 0.1) is 4.92 Å². The van der Waals surface area contributed by atoms with Crippen LogP contribution in [0.4, 0.5) is 5.69 Å². The predicted octanol–water partition coefficient (Wildman–Crippen LogP) is 3.57. The van der Waals surface area contributed by atoms with Gasteiger partial charge < -0.3 is 14.6 Å². The van der Waals surface area contributed by atoms with Crippen LogP contribution in [-0.2, 0) is 24.2 Å². The quantitative estimate of drug-likeness (QED) is 0.454. The fraction of sp³-hybridized carbons (Fsp3) is 0.278. The average molecular weight is 329 g/mol. The van der Waals surface area contributed by atoms with Crippen LogP contribution < -0.4 is 4.74 Å². The molecule has 1 N–H and O–H groups in total. The van der Waals surface area contributed by atoms with E-state index in [0.717, 1.165) is 18.3 Å². The van der Waals surface area contributed by atoms with Crippen molar-refractivity contribution in [1.29, 1.82) is 0 Å². The predicted molar refractivity (Wildman–Crippen MR) is 89.3 cm³/mol. The van der Waals surface area contributed by atoms with Gasteiger partial charge in [0.1, 0.15) is 24.4 Å². The van der Waals surface area contributed by atoms with Crippen molar-refractivity contribution in [3.05, 3.63) is 63.2 Å². The third-order valence-electron chi connectivity index (χ3n) is 3.67. The number of rotatable bonds is 8. The lowest BCUT2D eigenvalue weighted by atomic mass is 10.0. The molecule has 2 aromatic carbocycles. The van der Waals surface area contributed by atoms with E-state index in [4.69, 9.17) is 4.74 Å². The lowest BCUT2D eigenvalue weighted by molar-refractivity contribution is -0.384. The zero-order valence-corrected chi connectivity index (χ0v) is 13.4. The van der Waals surface area contributed by atoms with Crippen molar-refractivity contribution in [2.45, 2.75) is 32.8 Å².